The van der Waals surface area contributed by atoms with Gasteiger partial charge in [-0.1, -0.05) is 13.3 Å². The second kappa shape index (κ2) is 9.08. The Bertz CT molecular complexity index is 398. The third-order valence-electron chi connectivity index (χ3n) is 2.79. The Morgan fingerprint density at radius 3 is 2.25 bits per heavy atom. The quantitative estimate of drug-likeness (QED) is 0.607. The van der Waals surface area contributed by atoms with Gasteiger partial charge in [-0.15, -0.1) is 0 Å². The minimum absolute atomic E-state index is 0.00793. The molecule has 0 heterocycles. The van der Waals surface area contributed by atoms with Crippen molar-refractivity contribution in [2.75, 3.05) is 13.7 Å². The molecule has 3 N–H and O–H groups in total. The molecule has 7 heteroatoms. The van der Waals surface area contributed by atoms with E-state index in [-0.39, 0.29) is 17.2 Å². The summed E-state index contributed by atoms with van der Waals surface area (Å²) >= 11 is 0. The highest BCUT2D eigenvalue weighted by Crippen LogP contribution is 2.03. The zero-order valence-electron chi connectivity index (χ0n) is 12.3. The van der Waals surface area contributed by atoms with Crippen molar-refractivity contribution in [1.29, 1.82) is 0 Å². The zero-order valence-corrected chi connectivity index (χ0v) is 12.3. The predicted molar refractivity (Wildman–Crippen MR) is 73.3 cm³/mol. The van der Waals surface area contributed by atoms with Gasteiger partial charge in [0.05, 0.1) is 12.6 Å². The van der Waals surface area contributed by atoms with E-state index in [4.69, 9.17) is 9.84 Å². The number of carboxylic acid groups (broad SMARTS) is 1. The Morgan fingerprint density at radius 2 is 1.80 bits per heavy atom. The Balaban J connectivity index is 4.56. The lowest BCUT2D eigenvalue weighted by molar-refractivity contribution is -0.133. The molecule has 20 heavy (non-hydrogen) atoms. The summed E-state index contributed by atoms with van der Waals surface area (Å²) in [5, 5.41) is 13.5. The Labute approximate surface area is 118 Å². The van der Waals surface area contributed by atoms with Crippen molar-refractivity contribution in [1.82, 2.24) is 10.6 Å². The SMILES string of the molecule is CCCC(COC)NC(=O)NC(=O)C(C)=C(C)C(=O)O. The van der Waals surface area contributed by atoms with Crippen LogP contribution < -0.4 is 10.6 Å². The number of urea groups is 1. The molecule has 3 amide bonds. The van der Waals surface area contributed by atoms with Crippen LogP contribution in [0, 0.1) is 0 Å². The molecule has 0 saturated heterocycles. The highest BCUT2D eigenvalue weighted by Gasteiger charge is 2.17. The fourth-order valence-corrected chi connectivity index (χ4v) is 1.50. The van der Waals surface area contributed by atoms with Gasteiger partial charge >= 0.3 is 12.0 Å². The largest absolute Gasteiger partial charge is 0.478 e. The summed E-state index contributed by atoms with van der Waals surface area (Å²) in [5.41, 5.74) is -0.108. The smallest absolute Gasteiger partial charge is 0.331 e. The molecular weight excluding hydrogens is 264 g/mol. The van der Waals surface area contributed by atoms with Crippen molar-refractivity contribution in [3.8, 4) is 0 Å². The minimum Gasteiger partial charge on any atom is -0.478 e. The van der Waals surface area contributed by atoms with Crippen LogP contribution >= 0.6 is 0 Å². The van der Waals surface area contributed by atoms with E-state index >= 15 is 0 Å². The molecule has 0 aliphatic carbocycles. The van der Waals surface area contributed by atoms with Crippen LogP contribution in [0.2, 0.25) is 0 Å². The number of methoxy groups -OCH3 is 1. The van der Waals surface area contributed by atoms with Gasteiger partial charge in [0.2, 0.25) is 0 Å². The third kappa shape index (κ3) is 6.33. The highest BCUT2D eigenvalue weighted by atomic mass is 16.5. The summed E-state index contributed by atoms with van der Waals surface area (Å²) < 4.78 is 4.97. The van der Waals surface area contributed by atoms with Gasteiger partial charge in [-0.25, -0.2) is 9.59 Å². The number of rotatable bonds is 7. The topological polar surface area (TPSA) is 105 Å². The monoisotopic (exact) mass is 286 g/mol. The molecule has 7 nitrogen and oxygen atoms in total. The molecule has 0 aromatic carbocycles. The Hall–Kier alpha value is -1.89. The molecule has 1 atom stereocenters. The number of hydrogen-bond donors (Lipinski definition) is 3. The van der Waals surface area contributed by atoms with Crippen molar-refractivity contribution in [3.05, 3.63) is 11.1 Å². The van der Waals surface area contributed by atoms with E-state index in [0.717, 1.165) is 12.8 Å². The van der Waals surface area contributed by atoms with Crippen LogP contribution in [0.15, 0.2) is 11.1 Å². The molecule has 0 saturated carbocycles. The van der Waals surface area contributed by atoms with Crippen molar-refractivity contribution in [2.45, 2.75) is 39.7 Å². The number of carboxylic acids is 1. The first-order valence-electron chi connectivity index (χ1n) is 6.35. The average Bonchev–Trinajstić information content (AvgIpc) is 2.37. The van der Waals surface area contributed by atoms with Gasteiger partial charge in [0.25, 0.3) is 5.91 Å². The molecule has 0 spiro atoms. The molecule has 0 aliphatic rings. The zero-order chi connectivity index (χ0) is 15.7. The molecule has 0 radical (unpaired) electrons. The van der Waals surface area contributed by atoms with Gasteiger partial charge in [0, 0.05) is 18.3 Å². The molecule has 1 unspecified atom stereocenters. The van der Waals surface area contributed by atoms with Crippen molar-refractivity contribution < 1.29 is 24.2 Å². The number of amides is 3. The average molecular weight is 286 g/mol. The molecule has 0 aromatic rings. The number of imide groups is 1. The van der Waals surface area contributed by atoms with Gasteiger partial charge in [-0.2, -0.15) is 0 Å². The Morgan fingerprint density at radius 1 is 1.20 bits per heavy atom. The second-order valence-electron chi connectivity index (χ2n) is 4.42. The van der Waals surface area contributed by atoms with E-state index in [1.165, 1.54) is 21.0 Å². The number of nitrogens with one attached hydrogen (secondary N) is 2. The predicted octanol–water partition coefficient (Wildman–Crippen LogP) is 1.05. The van der Waals surface area contributed by atoms with Crippen molar-refractivity contribution in [3.63, 3.8) is 0 Å². The number of ether oxygens (including phenoxy) is 1. The van der Waals surface area contributed by atoms with Crippen LogP contribution in [0.4, 0.5) is 4.79 Å². The van der Waals surface area contributed by atoms with E-state index < -0.39 is 17.9 Å². The maximum absolute atomic E-state index is 11.7. The van der Waals surface area contributed by atoms with Crippen LogP contribution in [0.3, 0.4) is 0 Å². The molecule has 0 fully saturated rings. The normalized spacial score (nSPS) is 13.2. The molecular formula is C13H22N2O5. The fraction of sp³-hybridized carbons (Fsp3) is 0.615. The molecule has 0 rings (SSSR count). The molecule has 0 aliphatic heterocycles. The fourth-order valence-electron chi connectivity index (χ4n) is 1.50. The standard InChI is InChI=1S/C13H22N2O5/c1-5-6-10(7-20-4)14-13(19)15-11(16)8(2)9(3)12(17)18/h10H,5-7H2,1-4H3,(H,17,18)(H2,14,15,16,19). The second-order valence-corrected chi connectivity index (χ2v) is 4.42. The van der Waals surface area contributed by atoms with Crippen LogP contribution in [-0.2, 0) is 14.3 Å². The summed E-state index contributed by atoms with van der Waals surface area (Å²) in [7, 11) is 1.52. The summed E-state index contributed by atoms with van der Waals surface area (Å²) in [6, 6.07) is -0.856. The summed E-state index contributed by atoms with van der Waals surface area (Å²) in [6.07, 6.45) is 1.58. The van der Waals surface area contributed by atoms with E-state index in [1.54, 1.807) is 0 Å². The summed E-state index contributed by atoms with van der Waals surface area (Å²) in [4.78, 5) is 34.0. The van der Waals surface area contributed by atoms with E-state index in [0.29, 0.717) is 6.61 Å². The van der Waals surface area contributed by atoms with E-state index in [9.17, 15) is 14.4 Å². The van der Waals surface area contributed by atoms with Crippen LogP contribution in [0.25, 0.3) is 0 Å². The number of aliphatic carboxylic acids is 1. The lowest BCUT2D eigenvalue weighted by atomic mass is 10.1. The van der Waals surface area contributed by atoms with E-state index in [2.05, 4.69) is 10.6 Å². The van der Waals surface area contributed by atoms with Crippen LogP contribution in [0.5, 0.6) is 0 Å². The number of carbonyl (C=O) groups is 3. The summed E-state index contributed by atoms with van der Waals surface area (Å²) in [5.74, 6) is -1.92. The summed E-state index contributed by atoms with van der Waals surface area (Å²) in [6.45, 7) is 4.97. The van der Waals surface area contributed by atoms with Gasteiger partial charge in [-0.3, -0.25) is 10.1 Å². The first kappa shape index (κ1) is 18.1. The van der Waals surface area contributed by atoms with Crippen molar-refractivity contribution in [2.24, 2.45) is 0 Å². The number of hydrogen-bond acceptors (Lipinski definition) is 4. The third-order valence-corrected chi connectivity index (χ3v) is 2.79. The number of carbonyl (C=O) groups excluding carboxylic acids is 2. The molecule has 0 bridgehead atoms. The van der Waals surface area contributed by atoms with E-state index in [1.807, 2.05) is 6.92 Å². The van der Waals surface area contributed by atoms with Gasteiger partial charge in [-0.05, 0) is 20.3 Å². The first-order valence-corrected chi connectivity index (χ1v) is 6.35. The lowest BCUT2D eigenvalue weighted by Crippen LogP contribution is -2.46. The minimum atomic E-state index is -1.19. The van der Waals surface area contributed by atoms with Gasteiger partial charge in [0.1, 0.15) is 0 Å². The highest BCUT2D eigenvalue weighted by molar-refractivity contribution is 6.07. The van der Waals surface area contributed by atoms with Crippen LogP contribution in [0.1, 0.15) is 33.6 Å². The van der Waals surface area contributed by atoms with Crippen LogP contribution in [-0.4, -0.2) is 42.8 Å². The lowest BCUT2D eigenvalue weighted by Gasteiger charge is -2.17. The maximum atomic E-state index is 11.7. The maximum Gasteiger partial charge on any atom is 0.331 e. The first-order chi connectivity index (χ1) is 9.33. The van der Waals surface area contributed by atoms with Gasteiger partial charge in [0.15, 0.2) is 0 Å². The molecule has 114 valence electrons. The molecule has 0 aromatic heterocycles. The van der Waals surface area contributed by atoms with Gasteiger partial charge < -0.3 is 15.2 Å². The Kier molecular flexibility index (Phi) is 8.23. The van der Waals surface area contributed by atoms with Crippen molar-refractivity contribution >= 4 is 17.9 Å².